The third kappa shape index (κ3) is 6.93. The highest BCUT2D eigenvalue weighted by Gasteiger charge is 2.27. The summed E-state index contributed by atoms with van der Waals surface area (Å²) >= 11 is 12.2. The summed E-state index contributed by atoms with van der Waals surface area (Å²) < 4.78 is 40.7. The third-order valence-electron chi connectivity index (χ3n) is 4.91. The molecule has 0 atom stereocenters. The van der Waals surface area contributed by atoms with Gasteiger partial charge in [0.1, 0.15) is 12.4 Å². The number of aryl methyl sites for hydroxylation is 2. The van der Waals surface area contributed by atoms with E-state index in [0.717, 1.165) is 15.4 Å². The molecule has 33 heavy (non-hydrogen) atoms. The number of carbonyl (C=O) groups excluding carboxylic acids is 1. The summed E-state index contributed by atoms with van der Waals surface area (Å²) in [7, 11) is -4.06. The van der Waals surface area contributed by atoms with Gasteiger partial charge in [-0.2, -0.15) is 0 Å². The van der Waals surface area contributed by atoms with Gasteiger partial charge in [-0.15, -0.1) is 0 Å². The molecule has 9 heteroatoms. The van der Waals surface area contributed by atoms with E-state index < -0.39 is 22.5 Å². The van der Waals surface area contributed by atoms with Gasteiger partial charge < -0.3 is 5.32 Å². The molecule has 5 nitrogen and oxygen atoms in total. The number of anilines is 1. The Balaban J connectivity index is 1.74. The lowest BCUT2D eigenvalue weighted by molar-refractivity contribution is -0.119. The molecule has 1 amide bonds. The number of nitrogens with one attached hydrogen (secondary N) is 1. The van der Waals surface area contributed by atoms with Crippen LogP contribution in [-0.2, 0) is 21.2 Å². The van der Waals surface area contributed by atoms with Gasteiger partial charge in [0.25, 0.3) is 10.0 Å². The van der Waals surface area contributed by atoms with Crippen molar-refractivity contribution in [1.82, 2.24) is 5.32 Å². The maximum atomic E-state index is 13.4. The van der Waals surface area contributed by atoms with Crippen LogP contribution in [0.25, 0.3) is 0 Å². The molecule has 0 aliphatic rings. The van der Waals surface area contributed by atoms with Crippen molar-refractivity contribution in [2.75, 3.05) is 17.4 Å². The molecule has 0 radical (unpaired) electrons. The molecule has 3 rings (SSSR count). The first kappa shape index (κ1) is 25.0. The SMILES string of the molecule is Cc1ccc(S(=O)(=O)N(CC(=O)NCCCc2ccc(F)cc2)c2cc(Cl)cc(Cl)c2)cc1. The largest absolute Gasteiger partial charge is 0.355 e. The molecular weight excluding hydrogens is 486 g/mol. The Morgan fingerprint density at radius 2 is 1.58 bits per heavy atom. The first-order chi connectivity index (χ1) is 15.6. The highest BCUT2D eigenvalue weighted by molar-refractivity contribution is 7.92. The maximum Gasteiger partial charge on any atom is 0.264 e. The van der Waals surface area contributed by atoms with Gasteiger partial charge in [0.15, 0.2) is 0 Å². The van der Waals surface area contributed by atoms with Gasteiger partial charge >= 0.3 is 0 Å². The highest BCUT2D eigenvalue weighted by atomic mass is 35.5. The fourth-order valence-electron chi connectivity index (χ4n) is 3.19. The predicted molar refractivity (Wildman–Crippen MR) is 130 cm³/mol. The molecule has 3 aromatic rings. The van der Waals surface area contributed by atoms with Crippen LogP contribution in [0.3, 0.4) is 0 Å². The number of carbonyl (C=O) groups is 1. The third-order valence-corrected chi connectivity index (χ3v) is 7.13. The Hall–Kier alpha value is -2.61. The van der Waals surface area contributed by atoms with Crippen LogP contribution in [0.2, 0.25) is 10.0 Å². The Bertz CT molecular complexity index is 1200. The number of hydrogen-bond donors (Lipinski definition) is 1. The van der Waals surface area contributed by atoms with Gasteiger partial charge in [-0.1, -0.05) is 53.0 Å². The molecule has 0 aliphatic heterocycles. The smallest absolute Gasteiger partial charge is 0.264 e. The fraction of sp³-hybridized carbons (Fsp3) is 0.208. The monoisotopic (exact) mass is 508 g/mol. The number of benzene rings is 3. The predicted octanol–water partition coefficient (Wildman–Crippen LogP) is 5.39. The van der Waals surface area contributed by atoms with Crippen LogP contribution in [0.4, 0.5) is 10.1 Å². The van der Waals surface area contributed by atoms with E-state index in [2.05, 4.69) is 5.32 Å². The molecule has 0 heterocycles. The normalized spacial score (nSPS) is 11.3. The molecule has 0 aromatic heterocycles. The van der Waals surface area contributed by atoms with Crippen molar-refractivity contribution in [2.24, 2.45) is 0 Å². The number of nitrogens with zero attached hydrogens (tertiary/aromatic N) is 1. The van der Waals surface area contributed by atoms with E-state index in [1.54, 1.807) is 24.3 Å². The second-order valence-electron chi connectivity index (χ2n) is 7.53. The summed E-state index contributed by atoms with van der Waals surface area (Å²) in [6.45, 7) is 1.75. The number of sulfonamides is 1. The topological polar surface area (TPSA) is 66.5 Å². The Morgan fingerprint density at radius 1 is 0.970 bits per heavy atom. The quantitative estimate of drug-likeness (QED) is 0.394. The van der Waals surface area contributed by atoms with Gasteiger partial charge in [-0.05, 0) is 67.8 Å². The van der Waals surface area contributed by atoms with Crippen molar-refractivity contribution < 1.29 is 17.6 Å². The second-order valence-corrected chi connectivity index (χ2v) is 10.3. The number of amides is 1. The summed E-state index contributed by atoms with van der Waals surface area (Å²) in [6.07, 6.45) is 1.26. The van der Waals surface area contributed by atoms with Crippen LogP contribution in [0, 0.1) is 12.7 Å². The van der Waals surface area contributed by atoms with Gasteiger partial charge in [0, 0.05) is 16.6 Å². The molecule has 3 aromatic carbocycles. The van der Waals surface area contributed by atoms with E-state index in [4.69, 9.17) is 23.2 Å². The molecule has 0 saturated carbocycles. The first-order valence-corrected chi connectivity index (χ1v) is 12.4. The van der Waals surface area contributed by atoms with Crippen LogP contribution < -0.4 is 9.62 Å². The lowest BCUT2D eigenvalue weighted by atomic mass is 10.1. The Morgan fingerprint density at radius 3 is 2.18 bits per heavy atom. The van der Waals surface area contributed by atoms with Crippen molar-refractivity contribution in [3.63, 3.8) is 0 Å². The average Bonchev–Trinajstić information content (AvgIpc) is 2.76. The van der Waals surface area contributed by atoms with Crippen LogP contribution in [0.15, 0.2) is 71.6 Å². The van der Waals surface area contributed by atoms with E-state index in [1.807, 2.05) is 6.92 Å². The van der Waals surface area contributed by atoms with Gasteiger partial charge in [-0.3, -0.25) is 9.10 Å². The molecule has 0 aliphatic carbocycles. The van der Waals surface area contributed by atoms with E-state index in [0.29, 0.717) is 19.4 Å². The Kier molecular flexibility index (Phi) is 8.35. The van der Waals surface area contributed by atoms with Gasteiger partial charge in [0.05, 0.1) is 10.6 Å². The average molecular weight is 509 g/mol. The van der Waals surface area contributed by atoms with Crippen molar-refractivity contribution in [3.05, 3.63) is 93.7 Å². The lowest BCUT2D eigenvalue weighted by Gasteiger charge is -2.24. The van der Waals surface area contributed by atoms with Gasteiger partial charge in [0.2, 0.25) is 5.91 Å². The number of hydrogen-bond acceptors (Lipinski definition) is 3. The zero-order valence-corrected chi connectivity index (χ0v) is 20.2. The standard InChI is InChI=1S/C24H23Cl2FN2O3S/c1-17-4-10-23(11-5-17)33(31,32)29(22-14-19(25)13-20(26)15-22)16-24(30)28-12-2-3-18-6-8-21(27)9-7-18/h4-11,13-15H,2-3,12,16H2,1H3,(H,28,30). The minimum atomic E-state index is -4.06. The van der Waals surface area contributed by atoms with E-state index in [1.165, 1.54) is 42.5 Å². The van der Waals surface area contributed by atoms with Crippen molar-refractivity contribution in [2.45, 2.75) is 24.7 Å². The number of halogens is 3. The van der Waals surface area contributed by atoms with E-state index >= 15 is 0 Å². The van der Waals surface area contributed by atoms with Crippen molar-refractivity contribution in [1.29, 1.82) is 0 Å². The van der Waals surface area contributed by atoms with E-state index in [9.17, 15) is 17.6 Å². The molecule has 0 saturated heterocycles. The maximum absolute atomic E-state index is 13.4. The van der Waals surface area contributed by atoms with Crippen LogP contribution in [-0.4, -0.2) is 27.4 Å². The summed E-state index contributed by atoms with van der Waals surface area (Å²) in [5.41, 5.74) is 2.04. The molecule has 0 spiro atoms. The zero-order chi connectivity index (χ0) is 24.0. The fourth-order valence-corrected chi connectivity index (χ4v) is 5.11. The summed E-state index contributed by atoms with van der Waals surface area (Å²) in [4.78, 5) is 12.7. The summed E-state index contributed by atoms with van der Waals surface area (Å²) in [5, 5.41) is 3.24. The van der Waals surface area contributed by atoms with Crippen molar-refractivity contribution in [3.8, 4) is 0 Å². The number of rotatable bonds is 9. The summed E-state index contributed by atoms with van der Waals surface area (Å²) in [5.74, 6) is -0.774. The lowest BCUT2D eigenvalue weighted by Crippen LogP contribution is -2.41. The molecule has 174 valence electrons. The second kappa shape index (κ2) is 11.0. The first-order valence-electron chi connectivity index (χ1n) is 10.2. The van der Waals surface area contributed by atoms with Crippen LogP contribution >= 0.6 is 23.2 Å². The molecule has 0 fully saturated rings. The van der Waals surface area contributed by atoms with Crippen LogP contribution in [0.5, 0.6) is 0 Å². The van der Waals surface area contributed by atoms with Crippen LogP contribution in [0.1, 0.15) is 17.5 Å². The van der Waals surface area contributed by atoms with E-state index in [-0.39, 0.29) is 26.4 Å². The minimum absolute atomic E-state index is 0.0494. The van der Waals surface area contributed by atoms with Gasteiger partial charge in [-0.25, -0.2) is 12.8 Å². The Labute approximate surface area is 203 Å². The molecule has 0 bridgehead atoms. The minimum Gasteiger partial charge on any atom is -0.355 e. The molecule has 1 N–H and O–H groups in total. The summed E-state index contributed by atoms with van der Waals surface area (Å²) in [6, 6.07) is 16.9. The molecule has 0 unspecified atom stereocenters. The molecular formula is C24H23Cl2FN2O3S. The van der Waals surface area contributed by atoms with Crippen molar-refractivity contribution >= 4 is 44.8 Å². The zero-order valence-electron chi connectivity index (χ0n) is 17.9. The highest BCUT2D eigenvalue weighted by Crippen LogP contribution is 2.29.